The van der Waals surface area contributed by atoms with Crippen molar-refractivity contribution >= 4 is 11.6 Å². The molecule has 0 saturated carbocycles. The predicted molar refractivity (Wildman–Crippen MR) is 102 cm³/mol. The fourth-order valence-electron chi connectivity index (χ4n) is 3.20. The van der Waals surface area contributed by atoms with Gasteiger partial charge in [0.25, 0.3) is 0 Å². The first-order chi connectivity index (χ1) is 12.1. The van der Waals surface area contributed by atoms with Crippen LogP contribution in [-0.2, 0) is 6.54 Å². The average molecular weight is 340 g/mol. The van der Waals surface area contributed by atoms with Crippen LogP contribution in [0.1, 0.15) is 36.8 Å². The maximum atomic E-state index is 4.65. The minimum Gasteiger partial charge on any atom is -0.373 e. The smallest absolute Gasteiger partial charge is 0.132 e. The van der Waals surface area contributed by atoms with Crippen molar-refractivity contribution in [2.75, 3.05) is 43.4 Å². The Labute approximate surface area is 150 Å². The number of nitrogens with zero attached hydrogens (tertiary/aromatic N) is 5. The first kappa shape index (κ1) is 17.6. The number of hydrogen-bond acceptors (Lipinski definition) is 6. The van der Waals surface area contributed by atoms with Crippen LogP contribution in [0.25, 0.3) is 0 Å². The van der Waals surface area contributed by atoms with E-state index in [1.165, 1.54) is 5.56 Å². The number of aryl methyl sites for hydroxylation is 1. The van der Waals surface area contributed by atoms with Crippen molar-refractivity contribution in [2.45, 2.75) is 33.2 Å². The van der Waals surface area contributed by atoms with Crippen molar-refractivity contribution < 1.29 is 0 Å². The van der Waals surface area contributed by atoms with Crippen molar-refractivity contribution in [1.29, 1.82) is 0 Å². The molecule has 1 aliphatic heterocycles. The van der Waals surface area contributed by atoms with E-state index in [0.717, 1.165) is 55.9 Å². The van der Waals surface area contributed by atoms with E-state index in [-0.39, 0.29) is 0 Å². The molecule has 0 radical (unpaired) electrons. The monoisotopic (exact) mass is 340 g/mol. The van der Waals surface area contributed by atoms with Crippen molar-refractivity contribution in [2.24, 2.45) is 0 Å². The van der Waals surface area contributed by atoms with Crippen molar-refractivity contribution in [1.82, 2.24) is 19.9 Å². The van der Waals surface area contributed by atoms with E-state index in [2.05, 4.69) is 56.0 Å². The highest BCUT2D eigenvalue weighted by Gasteiger charge is 2.20. The van der Waals surface area contributed by atoms with Crippen molar-refractivity contribution in [3.63, 3.8) is 0 Å². The summed E-state index contributed by atoms with van der Waals surface area (Å²) in [6.07, 6.45) is 1.83. The van der Waals surface area contributed by atoms with Crippen molar-refractivity contribution in [3.8, 4) is 0 Å². The van der Waals surface area contributed by atoms with Gasteiger partial charge in [-0.05, 0) is 18.9 Å². The molecule has 1 aliphatic rings. The first-order valence-corrected chi connectivity index (χ1v) is 9.01. The third kappa shape index (κ3) is 4.25. The molecule has 0 bridgehead atoms. The lowest BCUT2D eigenvalue weighted by Gasteiger charge is -2.35. The summed E-state index contributed by atoms with van der Waals surface area (Å²) in [5.74, 6) is 3.32. The van der Waals surface area contributed by atoms with E-state index in [1.807, 2.05) is 26.2 Å². The van der Waals surface area contributed by atoms with E-state index in [9.17, 15) is 0 Å². The predicted octanol–water partition coefficient (Wildman–Crippen LogP) is 2.67. The van der Waals surface area contributed by atoms with Gasteiger partial charge in [0.05, 0.1) is 0 Å². The second-order valence-electron chi connectivity index (χ2n) is 6.88. The molecule has 1 fully saturated rings. The second-order valence-corrected chi connectivity index (χ2v) is 6.88. The highest BCUT2D eigenvalue weighted by atomic mass is 15.3. The maximum Gasteiger partial charge on any atom is 0.132 e. The second kappa shape index (κ2) is 7.78. The van der Waals surface area contributed by atoms with Gasteiger partial charge in [0, 0.05) is 63.3 Å². The van der Waals surface area contributed by atoms with Crippen LogP contribution in [0.4, 0.5) is 11.6 Å². The lowest BCUT2D eigenvalue weighted by Crippen LogP contribution is -2.46. The normalized spacial score (nSPS) is 15.6. The Bertz CT molecular complexity index is 707. The molecule has 0 aromatic carbocycles. The van der Waals surface area contributed by atoms with Gasteiger partial charge in [-0.1, -0.05) is 19.9 Å². The minimum absolute atomic E-state index is 0.423. The van der Waals surface area contributed by atoms with Crippen LogP contribution in [-0.4, -0.2) is 53.1 Å². The third-order valence-electron chi connectivity index (χ3n) is 4.65. The van der Waals surface area contributed by atoms with E-state index < -0.39 is 0 Å². The summed E-state index contributed by atoms with van der Waals surface area (Å²) in [7, 11) is 1.92. The molecule has 6 nitrogen and oxygen atoms in total. The SMILES string of the molecule is CNc1ncccc1CN1CCN(c2cc(C(C)C)nc(C)n2)CC1. The Balaban J connectivity index is 1.64. The van der Waals surface area contributed by atoms with Gasteiger partial charge in [-0.15, -0.1) is 0 Å². The fourth-order valence-corrected chi connectivity index (χ4v) is 3.20. The van der Waals surface area contributed by atoms with Gasteiger partial charge in [-0.25, -0.2) is 15.0 Å². The van der Waals surface area contributed by atoms with E-state index in [4.69, 9.17) is 0 Å². The van der Waals surface area contributed by atoms with Crippen LogP contribution in [0, 0.1) is 6.92 Å². The molecule has 0 unspecified atom stereocenters. The standard InChI is InChI=1S/C19H28N6/c1-14(2)17-12-18(23-15(3)22-17)25-10-8-24(9-11-25)13-16-6-5-7-21-19(16)20-4/h5-7,12,14H,8-11,13H2,1-4H3,(H,20,21). The molecule has 6 heteroatoms. The summed E-state index contributed by atoms with van der Waals surface area (Å²) >= 11 is 0. The highest BCUT2D eigenvalue weighted by molar-refractivity contribution is 5.43. The summed E-state index contributed by atoms with van der Waals surface area (Å²) in [6, 6.07) is 6.30. The topological polar surface area (TPSA) is 57.2 Å². The number of hydrogen-bond donors (Lipinski definition) is 1. The van der Waals surface area contributed by atoms with Gasteiger partial charge in [0.1, 0.15) is 17.5 Å². The zero-order chi connectivity index (χ0) is 17.8. The molecular weight excluding hydrogens is 312 g/mol. The van der Waals surface area contributed by atoms with E-state index in [0.29, 0.717) is 5.92 Å². The van der Waals surface area contributed by atoms with Gasteiger partial charge in [-0.2, -0.15) is 0 Å². The lowest BCUT2D eigenvalue weighted by atomic mass is 10.1. The largest absolute Gasteiger partial charge is 0.373 e. The summed E-state index contributed by atoms with van der Waals surface area (Å²) in [5.41, 5.74) is 2.37. The molecule has 0 amide bonds. The van der Waals surface area contributed by atoms with Crippen LogP contribution in [0.3, 0.4) is 0 Å². The van der Waals surface area contributed by atoms with Crippen LogP contribution >= 0.6 is 0 Å². The molecule has 134 valence electrons. The molecular formula is C19H28N6. The summed E-state index contributed by atoms with van der Waals surface area (Å²) in [4.78, 5) is 18.5. The number of pyridine rings is 1. The Morgan fingerprint density at radius 1 is 1.16 bits per heavy atom. The quantitative estimate of drug-likeness (QED) is 0.903. The number of piperazine rings is 1. The van der Waals surface area contributed by atoms with E-state index >= 15 is 0 Å². The number of rotatable bonds is 5. The minimum atomic E-state index is 0.423. The van der Waals surface area contributed by atoms with Gasteiger partial charge in [0.2, 0.25) is 0 Å². The zero-order valence-electron chi connectivity index (χ0n) is 15.7. The lowest BCUT2D eigenvalue weighted by molar-refractivity contribution is 0.249. The molecule has 2 aromatic heterocycles. The molecule has 3 heterocycles. The first-order valence-electron chi connectivity index (χ1n) is 9.01. The van der Waals surface area contributed by atoms with Gasteiger partial charge < -0.3 is 10.2 Å². The molecule has 0 spiro atoms. The number of nitrogens with one attached hydrogen (secondary N) is 1. The van der Waals surface area contributed by atoms with Crippen molar-refractivity contribution in [3.05, 3.63) is 41.5 Å². The summed E-state index contributed by atoms with van der Waals surface area (Å²) in [5, 5.41) is 3.18. The highest BCUT2D eigenvalue weighted by Crippen LogP contribution is 2.21. The number of aromatic nitrogens is 3. The molecule has 2 aromatic rings. The Kier molecular flexibility index (Phi) is 5.48. The van der Waals surface area contributed by atoms with Crippen LogP contribution < -0.4 is 10.2 Å². The zero-order valence-corrected chi connectivity index (χ0v) is 15.7. The molecule has 25 heavy (non-hydrogen) atoms. The average Bonchev–Trinajstić information content (AvgIpc) is 2.62. The Hall–Kier alpha value is -2.21. The molecule has 1 N–H and O–H groups in total. The fraction of sp³-hybridized carbons (Fsp3) is 0.526. The Morgan fingerprint density at radius 3 is 2.60 bits per heavy atom. The van der Waals surface area contributed by atoms with E-state index in [1.54, 1.807) is 0 Å². The summed E-state index contributed by atoms with van der Waals surface area (Å²) in [6.45, 7) is 11.3. The summed E-state index contributed by atoms with van der Waals surface area (Å²) < 4.78 is 0. The molecule has 1 saturated heterocycles. The molecule has 0 atom stereocenters. The molecule has 3 rings (SSSR count). The molecule has 0 aliphatic carbocycles. The van der Waals surface area contributed by atoms with Crippen LogP contribution in [0.15, 0.2) is 24.4 Å². The van der Waals surface area contributed by atoms with Gasteiger partial charge in [0.15, 0.2) is 0 Å². The third-order valence-corrected chi connectivity index (χ3v) is 4.65. The van der Waals surface area contributed by atoms with Gasteiger partial charge >= 0.3 is 0 Å². The number of anilines is 2. The van der Waals surface area contributed by atoms with Crippen LogP contribution in [0.2, 0.25) is 0 Å². The van der Waals surface area contributed by atoms with Gasteiger partial charge in [-0.3, -0.25) is 4.90 Å². The Morgan fingerprint density at radius 2 is 1.92 bits per heavy atom. The maximum absolute atomic E-state index is 4.65. The van der Waals surface area contributed by atoms with Crippen LogP contribution in [0.5, 0.6) is 0 Å².